The number of nitrogens with zero attached hydrogens (tertiary/aromatic N) is 1. The molecule has 0 fully saturated rings. The number of hydrogen-bond donors (Lipinski definition) is 2. The number of rotatable bonds is 9. The van der Waals surface area contributed by atoms with Crippen LogP contribution in [0.5, 0.6) is 5.75 Å². The first-order valence-electron chi connectivity index (χ1n) is 11.9. The van der Waals surface area contributed by atoms with Gasteiger partial charge in [0.15, 0.2) is 5.78 Å². The van der Waals surface area contributed by atoms with E-state index in [0.29, 0.717) is 32.7 Å². The first kappa shape index (κ1) is 25.6. The first-order valence-corrected chi connectivity index (χ1v) is 12.7. The molecule has 0 saturated heterocycles. The van der Waals surface area contributed by atoms with E-state index in [9.17, 15) is 19.2 Å². The second-order valence-corrected chi connectivity index (χ2v) is 9.67. The standard InChI is InChI=1S/C30H21NO7S/c32-27(21-8-7-19-3-1-2-4-20(19)16-21)22-9-12-25-26(17-22)39-30(37)31(25)13-14-38-23-10-5-18(6-11-23)15-24(28(33)34)29(35)36/h1-12,15-17H,13-14H2,(H,33,34)(H,35,36). The molecule has 8 nitrogen and oxygen atoms in total. The maximum Gasteiger partial charge on any atom is 0.343 e. The summed E-state index contributed by atoms with van der Waals surface area (Å²) in [6.45, 7) is 0.467. The highest BCUT2D eigenvalue weighted by Crippen LogP contribution is 2.23. The second-order valence-electron chi connectivity index (χ2n) is 8.68. The van der Waals surface area contributed by atoms with Gasteiger partial charge in [0.1, 0.15) is 17.9 Å². The zero-order valence-corrected chi connectivity index (χ0v) is 21.2. The van der Waals surface area contributed by atoms with Crippen LogP contribution in [-0.2, 0) is 16.1 Å². The van der Waals surface area contributed by atoms with E-state index in [0.717, 1.165) is 28.2 Å². The van der Waals surface area contributed by atoms with Crippen LogP contribution in [0.15, 0.2) is 95.3 Å². The van der Waals surface area contributed by atoms with Gasteiger partial charge in [0.25, 0.3) is 0 Å². The summed E-state index contributed by atoms with van der Waals surface area (Å²) in [5, 5.41) is 20.0. The average Bonchev–Trinajstić information content (AvgIpc) is 3.25. The largest absolute Gasteiger partial charge is 0.492 e. The van der Waals surface area contributed by atoms with E-state index in [-0.39, 0.29) is 23.8 Å². The van der Waals surface area contributed by atoms with Gasteiger partial charge in [-0.1, -0.05) is 59.9 Å². The number of hydrogen-bond acceptors (Lipinski definition) is 6. The van der Waals surface area contributed by atoms with E-state index in [2.05, 4.69) is 0 Å². The predicted octanol–water partition coefficient (Wildman–Crippen LogP) is 5.08. The third-order valence-electron chi connectivity index (χ3n) is 6.18. The summed E-state index contributed by atoms with van der Waals surface area (Å²) in [6, 6.07) is 24.9. The van der Waals surface area contributed by atoms with Crippen molar-refractivity contribution in [1.29, 1.82) is 0 Å². The Morgan fingerprint density at radius 1 is 0.821 bits per heavy atom. The number of benzene rings is 4. The van der Waals surface area contributed by atoms with Crippen molar-refractivity contribution < 1.29 is 29.3 Å². The lowest BCUT2D eigenvalue weighted by Gasteiger charge is -2.08. The number of aromatic nitrogens is 1. The minimum atomic E-state index is -1.53. The maximum atomic E-state index is 13.1. The van der Waals surface area contributed by atoms with Gasteiger partial charge in [0, 0.05) is 11.1 Å². The minimum Gasteiger partial charge on any atom is -0.492 e. The zero-order chi connectivity index (χ0) is 27.5. The number of aliphatic carboxylic acids is 2. The van der Waals surface area contributed by atoms with Crippen LogP contribution >= 0.6 is 11.3 Å². The molecule has 0 aliphatic carbocycles. The number of carboxylic acid groups (broad SMARTS) is 2. The molecular formula is C30H21NO7S. The quantitative estimate of drug-likeness (QED) is 0.116. The van der Waals surface area contributed by atoms with Gasteiger partial charge < -0.3 is 14.9 Å². The van der Waals surface area contributed by atoms with Crippen molar-refractivity contribution in [3.8, 4) is 5.75 Å². The number of fused-ring (bicyclic) bond motifs is 2. The molecule has 0 aliphatic heterocycles. The summed E-state index contributed by atoms with van der Waals surface area (Å²) in [6.07, 6.45) is 1.06. The third kappa shape index (κ3) is 5.48. The van der Waals surface area contributed by atoms with Gasteiger partial charge >= 0.3 is 16.8 Å². The Balaban J connectivity index is 1.28. The molecule has 0 amide bonds. The molecule has 0 saturated carbocycles. The van der Waals surface area contributed by atoms with E-state index in [4.69, 9.17) is 14.9 Å². The van der Waals surface area contributed by atoms with Crippen LogP contribution in [0.3, 0.4) is 0 Å². The number of carbonyl (C=O) groups excluding carboxylic acids is 1. The topological polar surface area (TPSA) is 123 Å². The summed E-state index contributed by atoms with van der Waals surface area (Å²) in [4.78, 5) is 47.7. The van der Waals surface area contributed by atoms with Crippen LogP contribution in [0.25, 0.3) is 27.1 Å². The fraction of sp³-hybridized carbons (Fsp3) is 0.0667. The van der Waals surface area contributed by atoms with E-state index in [1.165, 1.54) is 0 Å². The van der Waals surface area contributed by atoms with Crippen LogP contribution in [0.1, 0.15) is 21.5 Å². The molecule has 0 unspecified atom stereocenters. The molecule has 0 bridgehead atoms. The van der Waals surface area contributed by atoms with Crippen molar-refractivity contribution in [1.82, 2.24) is 4.57 Å². The molecule has 0 atom stereocenters. The summed E-state index contributed by atoms with van der Waals surface area (Å²) in [5.41, 5.74) is 1.45. The Bertz CT molecular complexity index is 1810. The van der Waals surface area contributed by atoms with E-state index in [1.54, 1.807) is 53.1 Å². The van der Waals surface area contributed by atoms with Gasteiger partial charge in [0.2, 0.25) is 0 Å². The number of thiazole rings is 1. The monoisotopic (exact) mass is 539 g/mol. The molecule has 9 heteroatoms. The predicted molar refractivity (Wildman–Crippen MR) is 149 cm³/mol. The van der Waals surface area contributed by atoms with E-state index < -0.39 is 17.5 Å². The SMILES string of the molecule is O=C(O)C(=Cc1ccc(OCCn2c(=O)sc3cc(C(=O)c4ccc5ccccc5c4)ccc32)cc1)C(=O)O. The van der Waals surface area contributed by atoms with E-state index >= 15 is 0 Å². The fourth-order valence-electron chi connectivity index (χ4n) is 4.21. The van der Waals surface area contributed by atoms with E-state index in [1.807, 2.05) is 36.4 Å². The molecule has 1 heterocycles. The smallest absolute Gasteiger partial charge is 0.343 e. The molecule has 5 rings (SSSR count). The highest BCUT2D eigenvalue weighted by Gasteiger charge is 2.16. The van der Waals surface area contributed by atoms with Crippen LogP contribution in [-0.4, -0.2) is 39.1 Å². The van der Waals surface area contributed by atoms with Gasteiger partial charge in [-0.3, -0.25) is 14.2 Å². The van der Waals surface area contributed by atoms with Crippen LogP contribution < -0.4 is 9.61 Å². The highest BCUT2D eigenvalue weighted by atomic mass is 32.1. The number of ether oxygens (including phenoxy) is 1. The lowest BCUT2D eigenvalue weighted by Crippen LogP contribution is -2.17. The summed E-state index contributed by atoms with van der Waals surface area (Å²) in [5.74, 6) is -2.69. The number of ketones is 1. The highest BCUT2D eigenvalue weighted by molar-refractivity contribution is 7.16. The van der Waals surface area contributed by atoms with Crippen molar-refractivity contribution >= 4 is 56.1 Å². The molecule has 0 aliphatic rings. The van der Waals surface area contributed by atoms with Crippen molar-refractivity contribution in [2.45, 2.75) is 6.54 Å². The summed E-state index contributed by atoms with van der Waals surface area (Å²) >= 11 is 1.06. The normalized spacial score (nSPS) is 10.9. The fourth-order valence-corrected chi connectivity index (χ4v) is 5.17. The van der Waals surface area contributed by atoms with Gasteiger partial charge in [-0.05, 0) is 58.8 Å². The number of carbonyl (C=O) groups is 3. The first-order chi connectivity index (χ1) is 18.8. The lowest BCUT2D eigenvalue weighted by atomic mass is 10.00. The van der Waals surface area contributed by atoms with Crippen molar-refractivity contribution in [2.75, 3.05) is 6.61 Å². The third-order valence-corrected chi connectivity index (χ3v) is 7.12. The molecule has 194 valence electrons. The molecule has 0 radical (unpaired) electrons. The van der Waals surface area contributed by atoms with Crippen molar-refractivity contribution in [2.24, 2.45) is 0 Å². The van der Waals surface area contributed by atoms with Crippen molar-refractivity contribution in [3.63, 3.8) is 0 Å². The Morgan fingerprint density at radius 3 is 2.21 bits per heavy atom. The molecule has 39 heavy (non-hydrogen) atoms. The minimum absolute atomic E-state index is 0.115. The average molecular weight is 540 g/mol. The molecule has 2 N–H and O–H groups in total. The van der Waals surface area contributed by atoms with Gasteiger partial charge in [0.05, 0.1) is 16.8 Å². The van der Waals surface area contributed by atoms with Gasteiger partial charge in [-0.15, -0.1) is 0 Å². The molecule has 5 aromatic rings. The van der Waals surface area contributed by atoms with Gasteiger partial charge in [-0.25, -0.2) is 9.59 Å². The van der Waals surface area contributed by atoms with Crippen LogP contribution in [0, 0.1) is 0 Å². The Kier molecular flexibility index (Phi) is 7.07. The Hall–Kier alpha value is -5.02. The summed E-state index contributed by atoms with van der Waals surface area (Å²) < 4.78 is 8.03. The van der Waals surface area contributed by atoms with Crippen molar-refractivity contribution in [3.05, 3.63) is 117 Å². The molecule has 1 aromatic heterocycles. The lowest BCUT2D eigenvalue weighted by molar-refractivity contribution is -0.140. The van der Waals surface area contributed by atoms with Crippen LogP contribution in [0.4, 0.5) is 0 Å². The van der Waals surface area contributed by atoms with Gasteiger partial charge in [-0.2, -0.15) is 0 Å². The Morgan fingerprint density at radius 2 is 1.49 bits per heavy atom. The number of carboxylic acids is 2. The van der Waals surface area contributed by atoms with Crippen LogP contribution in [0.2, 0.25) is 0 Å². The summed E-state index contributed by atoms with van der Waals surface area (Å²) in [7, 11) is 0. The molecular weight excluding hydrogens is 518 g/mol. The Labute approximate surface area is 225 Å². The molecule has 0 spiro atoms. The maximum absolute atomic E-state index is 13.1. The zero-order valence-electron chi connectivity index (χ0n) is 20.4. The second kappa shape index (κ2) is 10.8. The molecule has 4 aromatic carbocycles.